The smallest absolute Gasteiger partial charge is 0.227 e. The molecule has 26 heavy (non-hydrogen) atoms. The van der Waals surface area contributed by atoms with Crippen molar-refractivity contribution in [2.24, 2.45) is 11.8 Å². The molecular weight excluding hydrogens is 330 g/mol. The molecule has 0 saturated carbocycles. The standard InChI is InChI=1S/C19H31N5O2/c1-19(2,3)17-13-24(21-20-17)11-15-10-14-4-5-23(15)12-16(14)18(25)22-6-8-26-9-7-22/h13-16H,4-12H2,1-3H3/t14-,15-,16+/m1/s1. The number of morpholine rings is 1. The van der Waals surface area contributed by atoms with Gasteiger partial charge in [-0.3, -0.25) is 14.4 Å². The Morgan fingerprint density at radius 2 is 2.04 bits per heavy atom. The summed E-state index contributed by atoms with van der Waals surface area (Å²) in [5.41, 5.74) is 1.06. The zero-order valence-electron chi connectivity index (χ0n) is 16.2. The minimum Gasteiger partial charge on any atom is -0.378 e. The third kappa shape index (κ3) is 3.51. The minimum atomic E-state index is 0.0276. The second-order valence-electron chi connectivity index (χ2n) is 9.05. The van der Waals surface area contributed by atoms with Crippen molar-refractivity contribution in [3.63, 3.8) is 0 Å². The van der Waals surface area contributed by atoms with E-state index in [0.717, 1.165) is 51.3 Å². The monoisotopic (exact) mass is 361 g/mol. The molecule has 1 aromatic heterocycles. The van der Waals surface area contributed by atoms with Gasteiger partial charge in [-0.2, -0.15) is 0 Å². The summed E-state index contributed by atoms with van der Waals surface area (Å²) in [5, 5.41) is 8.68. The molecule has 4 aliphatic rings. The zero-order chi connectivity index (χ0) is 18.3. The highest BCUT2D eigenvalue weighted by atomic mass is 16.5. The zero-order valence-corrected chi connectivity index (χ0v) is 16.2. The van der Waals surface area contributed by atoms with Crippen LogP contribution in [0.1, 0.15) is 39.3 Å². The lowest BCUT2D eigenvalue weighted by Crippen LogP contribution is -2.59. The first-order valence-electron chi connectivity index (χ1n) is 9.93. The van der Waals surface area contributed by atoms with Gasteiger partial charge in [-0.15, -0.1) is 5.10 Å². The first-order chi connectivity index (χ1) is 12.4. The molecule has 5 heterocycles. The molecular formula is C19H31N5O2. The van der Waals surface area contributed by atoms with Crippen molar-refractivity contribution in [1.29, 1.82) is 0 Å². The molecule has 1 aromatic rings. The van der Waals surface area contributed by atoms with Gasteiger partial charge in [0.05, 0.1) is 31.4 Å². The van der Waals surface area contributed by atoms with Crippen molar-refractivity contribution in [3.8, 4) is 0 Å². The van der Waals surface area contributed by atoms with Crippen LogP contribution in [0.25, 0.3) is 0 Å². The van der Waals surface area contributed by atoms with E-state index in [2.05, 4.69) is 42.2 Å². The van der Waals surface area contributed by atoms with Crippen LogP contribution in [0.4, 0.5) is 0 Å². The molecule has 0 spiro atoms. The topological polar surface area (TPSA) is 63.5 Å². The van der Waals surface area contributed by atoms with Crippen molar-refractivity contribution in [2.45, 2.75) is 51.6 Å². The lowest BCUT2D eigenvalue weighted by atomic mass is 9.75. The Bertz CT molecular complexity index is 647. The maximum atomic E-state index is 12.9. The SMILES string of the molecule is CC(C)(C)c1cn(C[C@H]2C[C@H]3CCN2C[C@@H]3C(=O)N2CCOCC2)nn1. The molecule has 0 N–H and O–H groups in total. The fourth-order valence-corrected chi connectivity index (χ4v) is 4.57. The van der Waals surface area contributed by atoms with E-state index in [9.17, 15) is 4.79 Å². The van der Waals surface area contributed by atoms with Crippen LogP contribution < -0.4 is 0 Å². The van der Waals surface area contributed by atoms with Gasteiger partial charge in [-0.05, 0) is 25.3 Å². The Hall–Kier alpha value is -1.47. The summed E-state index contributed by atoms with van der Waals surface area (Å²) < 4.78 is 7.38. The summed E-state index contributed by atoms with van der Waals surface area (Å²) in [6.07, 6.45) is 4.31. The second kappa shape index (κ2) is 6.93. The number of hydrogen-bond acceptors (Lipinski definition) is 5. The van der Waals surface area contributed by atoms with E-state index in [1.54, 1.807) is 0 Å². The summed E-state index contributed by atoms with van der Waals surface area (Å²) >= 11 is 0. The number of carbonyl (C=O) groups is 1. The Labute approximate surface area is 155 Å². The number of nitrogens with zero attached hydrogens (tertiary/aromatic N) is 5. The van der Waals surface area contributed by atoms with E-state index >= 15 is 0 Å². The maximum absolute atomic E-state index is 12.9. The van der Waals surface area contributed by atoms with Crippen LogP contribution in [0.3, 0.4) is 0 Å². The molecule has 0 aromatic carbocycles. The fraction of sp³-hybridized carbons (Fsp3) is 0.842. The Balaban J connectivity index is 1.39. The van der Waals surface area contributed by atoms with Crippen molar-refractivity contribution >= 4 is 5.91 Å². The molecule has 4 aliphatic heterocycles. The van der Waals surface area contributed by atoms with Crippen LogP contribution in [-0.2, 0) is 21.5 Å². The highest BCUT2D eigenvalue weighted by molar-refractivity contribution is 5.79. The van der Waals surface area contributed by atoms with Crippen molar-refractivity contribution in [2.75, 3.05) is 39.4 Å². The third-order valence-electron chi connectivity index (χ3n) is 6.22. The van der Waals surface area contributed by atoms with Crippen LogP contribution in [0, 0.1) is 11.8 Å². The highest BCUT2D eigenvalue weighted by Crippen LogP contribution is 2.38. The van der Waals surface area contributed by atoms with E-state index < -0.39 is 0 Å². The highest BCUT2D eigenvalue weighted by Gasteiger charge is 2.44. The minimum absolute atomic E-state index is 0.0276. The fourth-order valence-electron chi connectivity index (χ4n) is 4.57. The van der Waals surface area contributed by atoms with E-state index in [1.165, 1.54) is 0 Å². The van der Waals surface area contributed by atoms with Gasteiger partial charge in [0.1, 0.15) is 0 Å². The van der Waals surface area contributed by atoms with Crippen molar-refractivity contribution in [1.82, 2.24) is 24.8 Å². The van der Waals surface area contributed by atoms with Crippen LogP contribution in [0.2, 0.25) is 0 Å². The molecule has 5 rings (SSSR count). The molecule has 4 saturated heterocycles. The number of ether oxygens (including phenoxy) is 1. The molecule has 1 amide bonds. The number of amides is 1. The number of rotatable bonds is 3. The van der Waals surface area contributed by atoms with Crippen LogP contribution in [0.15, 0.2) is 6.20 Å². The van der Waals surface area contributed by atoms with Gasteiger partial charge in [-0.1, -0.05) is 26.0 Å². The molecule has 7 heteroatoms. The first-order valence-corrected chi connectivity index (χ1v) is 9.93. The quantitative estimate of drug-likeness (QED) is 0.808. The van der Waals surface area contributed by atoms with Crippen molar-refractivity contribution < 1.29 is 9.53 Å². The molecule has 0 aliphatic carbocycles. The van der Waals surface area contributed by atoms with Gasteiger partial charge in [0, 0.05) is 37.3 Å². The third-order valence-corrected chi connectivity index (χ3v) is 6.22. The van der Waals surface area contributed by atoms with Crippen LogP contribution in [-0.4, -0.2) is 76.1 Å². The number of aromatic nitrogens is 3. The van der Waals surface area contributed by atoms with E-state index in [-0.39, 0.29) is 11.3 Å². The summed E-state index contributed by atoms with van der Waals surface area (Å²) in [4.78, 5) is 17.5. The van der Waals surface area contributed by atoms with Gasteiger partial charge in [0.15, 0.2) is 0 Å². The van der Waals surface area contributed by atoms with E-state index in [4.69, 9.17) is 4.74 Å². The summed E-state index contributed by atoms with van der Waals surface area (Å²) in [5.74, 6) is 1.02. The lowest BCUT2D eigenvalue weighted by molar-refractivity contribution is -0.148. The van der Waals surface area contributed by atoms with Gasteiger partial charge in [0.2, 0.25) is 5.91 Å². The normalized spacial score (nSPS) is 32.0. The molecule has 0 radical (unpaired) electrons. The first kappa shape index (κ1) is 17.9. The Morgan fingerprint density at radius 1 is 1.27 bits per heavy atom. The molecule has 2 bridgehead atoms. The number of piperidine rings is 3. The molecule has 4 atom stereocenters. The molecule has 7 nitrogen and oxygen atoms in total. The molecule has 4 fully saturated rings. The summed E-state index contributed by atoms with van der Waals surface area (Å²) in [6.45, 7) is 12.2. The van der Waals surface area contributed by atoms with E-state index in [0.29, 0.717) is 31.1 Å². The van der Waals surface area contributed by atoms with Crippen LogP contribution in [0.5, 0.6) is 0 Å². The maximum Gasteiger partial charge on any atom is 0.227 e. The van der Waals surface area contributed by atoms with Gasteiger partial charge in [-0.25, -0.2) is 0 Å². The van der Waals surface area contributed by atoms with Gasteiger partial charge in [0.25, 0.3) is 0 Å². The predicted octanol–water partition coefficient (Wildman–Crippen LogP) is 1.14. The Morgan fingerprint density at radius 3 is 2.65 bits per heavy atom. The summed E-state index contributed by atoms with van der Waals surface area (Å²) in [6, 6.07) is 0.469. The molecule has 1 unspecified atom stereocenters. The van der Waals surface area contributed by atoms with E-state index in [1.807, 2.05) is 9.58 Å². The summed E-state index contributed by atoms with van der Waals surface area (Å²) in [7, 11) is 0. The Kier molecular flexibility index (Phi) is 4.77. The average molecular weight is 361 g/mol. The largest absolute Gasteiger partial charge is 0.378 e. The van der Waals surface area contributed by atoms with Gasteiger partial charge < -0.3 is 9.64 Å². The predicted molar refractivity (Wildman–Crippen MR) is 97.7 cm³/mol. The van der Waals surface area contributed by atoms with Crippen LogP contribution >= 0.6 is 0 Å². The lowest BCUT2D eigenvalue weighted by Gasteiger charge is -2.50. The number of hydrogen-bond donors (Lipinski definition) is 0. The average Bonchev–Trinajstić information content (AvgIpc) is 3.11. The van der Waals surface area contributed by atoms with Crippen molar-refractivity contribution in [3.05, 3.63) is 11.9 Å². The molecule has 144 valence electrons. The number of fused-ring (bicyclic) bond motifs is 3. The number of carbonyl (C=O) groups excluding carboxylic acids is 1. The second-order valence-corrected chi connectivity index (χ2v) is 9.05. The van der Waals surface area contributed by atoms with Gasteiger partial charge >= 0.3 is 0 Å².